The summed E-state index contributed by atoms with van der Waals surface area (Å²) in [6.45, 7) is 2.56. The maximum Gasteiger partial charge on any atom is 0.128 e. The Balaban J connectivity index is 2.50. The number of hydrogen-bond acceptors (Lipinski definition) is 2. The van der Waals surface area contributed by atoms with Crippen molar-refractivity contribution in [3.05, 3.63) is 51.0 Å². The maximum absolute atomic E-state index is 13.8. The van der Waals surface area contributed by atoms with Crippen LogP contribution in [-0.4, -0.2) is 9.78 Å². The second kappa shape index (κ2) is 5.38. The van der Waals surface area contributed by atoms with Crippen LogP contribution in [0.2, 0.25) is 5.02 Å². The van der Waals surface area contributed by atoms with Gasteiger partial charge >= 0.3 is 0 Å². The van der Waals surface area contributed by atoms with Gasteiger partial charge in [-0.15, -0.1) is 0 Å². The van der Waals surface area contributed by atoms with Gasteiger partial charge in [-0.05, 0) is 25.1 Å². The van der Waals surface area contributed by atoms with E-state index in [1.165, 1.54) is 12.3 Å². The molecule has 1 aromatic carbocycles. The Bertz CT molecular complexity index is 570. The van der Waals surface area contributed by atoms with Crippen molar-refractivity contribution in [2.75, 3.05) is 0 Å². The molecule has 0 amide bonds. The van der Waals surface area contributed by atoms with E-state index in [1.807, 2.05) is 6.92 Å². The maximum atomic E-state index is 13.8. The number of rotatable bonds is 3. The van der Waals surface area contributed by atoms with Crippen LogP contribution in [-0.2, 0) is 6.54 Å². The van der Waals surface area contributed by atoms with Crippen molar-refractivity contribution in [1.82, 2.24) is 9.78 Å². The third kappa shape index (κ3) is 2.43. The molecule has 1 unspecified atom stereocenters. The fourth-order valence-electron chi connectivity index (χ4n) is 1.83. The van der Waals surface area contributed by atoms with Crippen LogP contribution in [0.3, 0.4) is 0 Å². The zero-order valence-electron chi connectivity index (χ0n) is 9.70. The zero-order chi connectivity index (χ0) is 13.3. The molecule has 0 aliphatic rings. The molecule has 3 nitrogen and oxygen atoms in total. The van der Waals surface area contributed by atoms with E-state index < -0.39 is 6.04 Å². The Morgan fingerprint density at radius 1 is 1.56 bits per heavy atom. The summed E-state index contributed by atoms with van der Waals surface area (Å²) in [5.74, 6) is -0.356. The highest BCUT2D eigenvalue weighted by Crippen LogP contribution is 2.29. The van der Waals surface area contributed by atoms with Gasteiger partial charge in [-0.2, -0.15) is 5.10 Å². The van der Waals surface area contributed by atoms with Crippen molar-refractivity contribution in [3.63, 3.8) is 0 Å². The lowest BCUT2D eigenvalue weighted by molar-refractivity contribution is 0.568. The Morgan fingerprint density at radius 3 is 2.94 bits per heavy atom. The van der Waals surface area contributed by atoms with E-state index in [2.05, 4.69) is 21.0 Å². The molecule has 0 radical (unpaired) electrons. The standard InChI is InChI=1S/C12H12BrClFN3/c1-2-18-12(9(14)6-17-18)11(16)8-5-7(13)3-4-10(8)15/h3-6,11H,2,16H2,1H3. The van der Waals surface area contributed by atoms with E-state index in [1.54, 1.807) is 16.8 Å². The van der Waals surface area contributed by atoms with Crippen molar-refractivity contribution in [3.8, 4) is 0 Å². The smallest absolute Gasteiger partial charge is 0.128 e. The molecule has 0 aliphatic heterocycles. The molecule has 2 N–H and O–H groups in total. The highest BCUT2D eigenvalue weighted by Gasteiger charge is 2.21. The van der Waals surface area contributed by atoms with E-state index in [9.17, 15) is 4.39 Å². The van der Waals surface area contributed by atoms with Gasteiger partial charge < -0.3 is 5.73 Å². The Labute approximate surface area is 118 Å². The largest absolute Gasteiger partial charge is 0.319 e. The van der Waals surface area contributed by atoms with Gasteiger partial charge in [0.1, 0.15) is 5.82 Å². The molecule has 18 heavy (non-hydrogen) atoms. The molecule has 96 valence electrons. The normalized spacial score (nSPS) is 12.7. The fraction of sp³-hybridized carbons (Fsp3) is 0.250. The van der Waals surface area contributed by atoms with Gasteiger partial charge in [-0.25, -0.2) is 4.39 Å². The summed E-state index contributed by atoms with van der Waals surface area (Å²) in [7, 11) is 0. The summed E-state index contributed by atoms with van der Waals surface area (Å²) in [5.41, 5.74) is 7.11. The van der Waals surface area contributed by atoms with Crippen LogP contribution in [0.1, 0.15) is 24.2 Å². The number of aromatic nitrogens is 2. The third-order valence-electron chi connectivity index (χ3n) is 2.72. The number of hydrogen-bond donors (Lipinski definition) is 1. The van der Waals surface area contributed by atoms with E-state index in [4.69, 9.17) is 17.3 Å². The number of benzene rings is 1. The van der Waals surface area contributed by atoms with Gasteiger partial charge in [0.15, 0.2) is 0 Å². The molecule has 0 saturated carbocycles. The van der Waals surface area contributed by atoms with Crippen molar-refractivity contribution in [2.24, 2.45) is 5.73 Å². The lowest BCUT2D eigenvalue weighted by atomic mass is 10.0. The first-order valence-corrected chi connectivity index (χ1v) is 6.63. The first-order chi connectivity index (χ1) is 8.54. The number of nitrogens with zero attached hydrogens (tertiary/aromatic N) is 2. The van der Waals surface area contributed by atoms with Gasteiger partial charge in [0, 0.05) is 16.6 Å². The minimum absolute atomic E-state index is 0.356. The van der Waals surface area contributed by atoms with Crippen molar-refractivity contribution < 1.29 is 4.39 Å². The first-order valence-electron chi connectivity index (χ1n) is 5.46. The molecule has 0 bridgehead atoms. The summed E-state index contributed by atoms with van der Waals surface area (Å²) in [4.78, 5) is 0. The molecule has 1 atom stereocenters. The van der Waals surface area contributed by atoms with Crippen LogP contribution in [0, 0.1) is 5.82 Å². The Kier molecular flexibility index (Phi) is 4.04. The topological polar surface area (TPSA) is 43.8 Å². The average Bonchev–Trinajstić information content (AvgIpc) is 2.72. The predicted molar refractivity (Wildman–Crippen MR) is 73.0 cm³/mol. The quantitative estimate of drug-likeness (QED) is 0.935. The lowest BCUT2D eigenvalue weighted by Crippen LogP contribution is -2.18. The summed E-state index contributed by atoms with van der Waals surface area (Å²) in [6.07, 6.45) is 1.52. The van der Waals surface area contributed by atoms with Gasteiger partial charge in [0.2, 0.25) is 0 Å². The molecule has 2 rings (SSSR count). The first kappa shape index (κ1) is 13.5. The second-order valence-corrected chi connectivity index (χ2v) is 5.16. The van der Waals surface area contributed by atoms with Gasteiger partial charge in [0.25, 0.3) is 0 Å². The predicted octanol–water partition coefficient (Wildman–Crippen LogP) is 3.51. The second-order valence-electron chi connectivity index (χ2n) is 3.84. The lowest BCUT2D eigenvalue weighted by Gasteiger charge is -2.15. The molecule has 0 saturated heterocycles. The number of aryl methyl sites for hydroxylation is 1. The SMILES string of the molecule is CCn1ncc(Cl)c1C(N)c1cc(Br)ccc1F. The fourth-order valence-corrected chi connectivity index (χ4v) is 2.47. The summed E-state index contributed by atoms with van der Waals surface area (Å²) < 4.78 is 16.3. The van der Waals surface area contributed by atoms with Gasteiger partial charge in [-0.3, -0.25) is 4.68 Å². The minimum Gasteiger partial charge on any atom is -0.319 e. The summed E-state index contributed by atoms with van der Waals surface area (Å²) in [6, 6.07) is 4.02. The Morgan fingerprint density at radius 2 is 2.28 bits per heavy atom. The highest BCUT2D eigenvalue weighted by molar-refractivity contribution is 9.10. The molecule has 6 heteroatoms. The molecule has 1 heterocycles. The number of halogens is 3. The molecule has 2 aromatic rings. The van der Waals surface area contributed by atoms with Crippen LogP contribution >= 0.6 is 27.5 Å². The third-order valence-corrected chi connectivity index (χ3v) is 3.50. The van der Waals surface area contributed by atoms with Crippen LogP contribution in [0.15, 0.2) is 28.9 Å². The van der Waals surface area contributed by atoms with Gasteiger partial charge in [-0.1, -0.05) is 27.5 Å². The number of nitrogens with two attached hydrogens (primary N) is 1. The van der Waals surface area contributed by atoms with E-state index >= 15 is 0 Å². The Hall–Kier alpha value is -0.910. The highest BCUT2D eigenvalue weighted by atomic mass is 79.9. The monoisotopic (exact) mass is 331 g/mol. The van der Waals surface area contributed by atoms with Crippen LogP contribution in [0.4, 0.5) is 4.39 Å². The molecule has 0 spiro atoms. The van der Waals surface area contributed by atoms with E-state index in [-0.39, 0.29) is 5.82 Å². The molecular formula is C12H12BrClFN3. The van der Waals surface area contributed by atoms with E-state index in [0.29, 0.717) is 22.8 Å². The van der Waals surface area contributed by atoms with Crippen LogP contribution in [0.5, 0.6) is 0 Å². The molecule has 1 aromatic heterocycles. The minimum atomic E-state index is -0.641. The molecule has 0 fully saturated rings. The summed E-state index contributed by atoms with van der Waals surface area (Å²) >= 11 is 9.37. The average molecular weight is 333 g/mol. The van der Waals surface area contributed by atoms with Crippen molar-refractivity contribution in [2.45, 2.75) is 19.5 Å². The van der Waals surface area contributed by atoms with Gasteiger partial charge in [0.05, 0.1) is 23.0 Å². The summed E-state index contributed by atoms with van der Waals surface area (Å²) in [5, 5.41) is 4.55. The zero-order valence-corrected chi connectivity index (χ0v) is 12.0. The van der Waals surface area contributed by atoms with E-state index in [0.717, 1.165) is 4.47 Å². The van der Waals surface area contributed by atoms with Crippen LogP contribution < -0.4 is 5.73 Å². The van der Waals surface area contributed by atoms with Crippen molar-refractivity contribution in [1.29, 1.82) is 0 Å². The molecular weight excluding hydrogens is 321 g/mol. The van der Waals surface area contributed by atoms with Crippen LogP contribution in [0.25, 0.3) is 0 Å². The van der Waals surface area contributed by atoms with Crippen molar-refractivity contribution >= 4 is 27.5 Å². The molecule has 0 aliphatic carbocycles.